The lowest BCUT2D eigenvalue weighted by atomic mass is 9.89. The Hall–Kier alpha value is -0.340. The van der Waals surface area contributed by atoms with E-state index in [9.17, 15) is 0 Å². The van der Waals surface area contributed by atoms with Gasteiger partial charge in [0.2, 0.25) is 0 Å². The van der Waals surface area contributed by atoms with Crippen LogP contribution in [0.1, 0.15) is 26.3 Å². The van der Waals surface area contributed by atoms with Gasteiger partial charge in [-0.15, -0.1) is 0 Å². The third-order valence-electron chi connectivity index (χ3n) is 1.50. The molecule has 1 rings (SSSR count). The number of nitrogens with zero attached hydrogens (tertiary/aromatic N) is 2. The summed E-state index contributed by atoms with van der Waals surface area (Å²) in [6, 6.07) is 0. The zero-order chi connectivity index (χ0) is 9.35. The van der Waals surface area contributed by atoms with E-state index in [2.05, 4.69) is 9.97 Å². The van der Waals surface area contributed by atoms with Crippen LogP contribution in [0.2, 0.25) is 10.3 Å². The molecule has 0 fully saturated rings. The first-order valence-electron chi connectivity index (χ1n) is 3.59. The zero-order valence-electron chi connectivity index (χ0n) is 7.23. The normalized spacial score (nSPS) is 11.8. The van der Waals surface area contributed by atoms with Crippen LogP contribution in [0.5, 0.6) is 0 Å². The quantitative estimate of drug-likeness (QED) is 0.608. The van der Waals surface area contributed by atoms with Crippen molar-refractivity contribution in [2.75, 3.05) is 0 Å². The molecule has 1 heterocycles. The molecule has 0 unspecified atom stereocenters. The fraction of sp³-hybridized carbons (Fsp3) is 0.500. The van der Waals surface area contributed by atoms with Gasteiger partial charge in [-0.25, -0.2) is 9.97 Å². The monoisotopic (exact) mass is 204 g/mol. The summed E-state index contributed by atoms with van der Waals surface area (Å²) in [5.74, 6) is 0. The standard InChI is InChI=1S/C8H10Cl2N2/c1-8(2,3)5-6(9)11-4-12-7(5)10/h4H,1-3H3. The van der Waals surface area contributed by atoms with Gasteiger partial charge in [0.1, 0.15) is 16.6 Å². The molecule has 66 valence electrons. The number of aromatic nitrogens is 2. The van der Waals surface area contributed by atoms with E-state index in [0.717, 1.165) is 5.56 Å². The molecule has 0 bridgehead atoms. The predicted octanol–water partition coefficient (Wildman–Crippen LogP) is 3.08. The fourth-order valence-electron chi connectivity index (χ4n) is 0.963. The lowest BCUT2D eigenvalue weighted by Crippen LogP contribution is -2.14. The smallest absolute Gasteiger partial charge is 0.137 e. The van der Waals surface area contributed by atoms with E-state index in [1.165, 1.54) is 6.33 Å². The first-order valence-corrected chi connectivity index (χ1v) is 4.35. The molecule has 0 saturated carbocycles. The fourth-order valence-corrected chi connectivity index (χ4v) is 1.84. The summed E-state index contributed by atoms with van der Waals surface area (Å²) in [4.78, 5) is 7.75. The van der Waals surface area contributed by atoms with Crippen LogP contribution in [0, 0.1) is 0 Å². The molecular weight excluding hydrogens is 195 g/mol. The molecule has 1 aromatic heterocycles. The maximum atomic E-state index is 5.88. The number of halogens is 2. The van der Waals surface area contributed by atoms with Crippen LogP contribution < -0.4 is 0 Å². The second kappa shape index (κ2) is 3.19. The molecule has 12 heavy (non-hydrogen) atoms. The summed E-state index contributed by atoms with van der Waals surface area (Å²) in [7, 11) is 0. The Morgan fingerprint density at radius 2 is 1.50 bits per heavy atom. The molecule has 0 aliphatic carbocycles. The van der Waals surface area contributed by atoms with Crippen molar-refractivity contribution in [1.82, 2.24) is 9.97 Å². The highest BCUT2D eigenvalue weighted by atomic mass is 35.5. The van der Waals surface area contributed by atoms with Crippen LogP contribution in [0.25, 0.3) is 0 Å². The van der Waals surface area contributed by atoms with Gasteiger partial charge in [-0.1, -0.05) is 44.0 Å². The second-order valence-electron chi connectivity index (χ2n) is 3.58. The Morgan fingerprint density at radius 1 is 1.08 bits per heavy atom. The number of hydrogen-bond acceptors (Lipinski definition) is 2. The van der Waals surface area contributed by atoms with Crippen LogP contribution in [0.4, 0.5) is 0 Å². The lowest BCUT2D eigenvalue weighted by molar-refractivity contribution is 0.584. The van der Waals surface area contributed by atoms with E-state index >= 15 is 0 Å². The highest BCUT2D eigenvalue weighted by Gasteiger charge is 2.22. The van der Waals surface area contributed by atoms with E-state index in [-0.39, 0.29) is 5.41 Å². The highest BCUT2D eigenvalue weighted by Crippen LogP contribution is 2.32. The van der Waals surface area contributed by atoms with Crippen molar-refractivity contribution in [1.29, 1.82) is 0 Å². The first-order chi connectivity index (χ1) is 5.43. The summed E-state index contributed by atoms with van der Waals surface area (Å²) in [6.07, 6.45) is 1.36. The number of rotatable bonds is 0. The average Bonchev–Trinajstić information content (AvgIpc) is 1.82. The Kier molecular flexibility index (Phi) is 2.59. The van der Waals surface area contributed by atoms with E-state index in [1.54, 1.807) is 0 Å². The summed E-state index contributed by atoms with van der Waals surface area (Å²) in [5.41, 5.74) is 0.684. The Morgan fingerprint density at radius 3 is 1.75 bits per heavy atom. The largest absolute Gasteiger partial charge is 0.224 e. The van der Waals surface area contributed by atoms with Crippen molar-refractivity contribution in [2.24, 2.45) is 0 Å². The molecule has 0 N–H and O–H groups in total. The van der Waals surface area contributed by atoms with Gasteiger partial charge in [0, 0.05) is 5.56 Å². The van der Waals surface area contributed by atoms with Crippen LogP contribution in [-0.2, 0) is 5.41 Å². The number of hydrogen-bond donors (Lipinski definition) is 0. The molecule has 0 aliphatic heterocycles. The Bertz CT molecular complexity index is 271. The molecule has 4 heteroatoms. The van der Waals surface area contributed by atoms with Gasteiger partial charge >= 0.3 is 0 Å². The first kappa shape index (κ1) is 9.75. The Labute approximate surface area is 81.9 Å². The summed E-state index contributed by atoms with van der Waals surface area (Å²) >= 11 is 11.8. The van der Waals surface area contributed by atoms with Crippen LogP contribution in [0.15, 0.2) is 6.33 Å². The van der Waals surface area contributed by atoms with Crippen molar-refractivity contribution < 1.29 is 0 Å². The highest BCUT2D eigenvalue weighted by molar-refractivity contribution is 6.34. The van der Waals surface area contributed by atoms with E-state index in [1.807, 2.05) is 20.8 Å². The van der Waals surface area contributed by atoms with E-state index in [4.69, 9.17) is 23.2 Å². The van der Waals surface area contributed by atoms with Crippen LogP contribution >= 0.6 is 23.2 Å². The molecule has 1 aromatic rings. The van der Waals surface area contributed by atoms with Gasteiger partial charge in [-0.2, -0.15) is 0 Å². The van der Waals surface area contributed by atoms with Crippen molar-refractivity contribution >= 4 is 23.2 Å². The van der Waals surface area contributed by atoms with Crippen LogP contribution in [-0.4, -0.2) is 9.97 Å². The van der Waals surface area contributed by atoms with Crippen LogP contribution in [0.3, 0.4) is 0 Å². The van der Waals surface area contributed by atoms with Gasteiger partial charge < -0.3 is 0 Å². The van der Waals surface area contributed by atoms with Gasteiger partial charge in [0.05, 0.1) is 0 Å². The van der Waals surface area contributed by atoms with Crippen molar-refractivity contribution in [2.45, 2.75) is 26.2 Å². The molecule has 0 radical (unpaired) electrons. The lowest BCUT2D eigenvalue weighted by Gasteiger charge is -2.20. The molecule has 0 aromatic carbocycles. The molecule has 2 nitrogen and oxygen atoms in total. The Balaban J connectivity index is 3.31. The minimum atomic E-state index is -0.116. The van der Waals surface area contributed by atoms with Crippen molar-refractivity contribution in [3.63, 3.8) is 0 Å². The minimum Gasteiger partial charge on any atom is -0.224 e. The van der Waals surface area contributed by atoms with Crippen molar-refractivity contribution in [3.05, 3.63) is 22.2 Å². The van der Waals surface area contributed by atoms with Gasteiger partial charge in [-0.3, -0.25) is 0 Å². The predicted molar refractivity (Wildman–Crippen MR) is 50.8 cm³/mol. The third-order valence-corrected chi connectivity index (χ3v) is 2.08. The molecule has 0 aliphatic rings. The van der Waals surface area contributed by atoms with E-state index in [0.29, 0.717) is 10.3 Å². The average molecular weight is 205 g/mol. The van der Waals surface area contributed by atoms with Crippen molar-refractivity contribution in [3.8, 4) is 0 Å². The summed E-state index contributed by atoms with van der Waals surface area (Å²) in [5, 5.41) is 0.866. The SMILES string of the molecule is CC(C)(C)c1c(Cl)ncnc1Cl. The minimum absolute atomic E-state index is 0.116. The third kappa shape index (κ3) is 1.87. The van der Waals surface area contributed by atoms with Gasteiger partial charge in [0.25, 0.3) is 0 Å². The van der Waals surface area contributed by atoms with E-state index < -0.39 is 0 Å². The zero-order valence-corrected chi connectivity index (χ0v) is 8.74. The molecule has 0 amide bonds. The second-order valence-corrected chi connectivity index (χ2v) is 4.30. The topological polar surface area (TPSA) is 25.8 Å². The molecule has 0 spiro atoms. The molecule has 0 atom stereocenters. The van der Waals surface area contributed by atoms with Gasteiger partial charge in [0.15, 0.2) is 0 Å². The summed E-state index contributed by atoms with van der Waals surface area (Å²) in [6.45, 7) is 6.05. The summed E-state index contributed by atoms with van der Waals surface area (Å²) < 4.78 is 0. The van der Waals surface area contributed by atoms with Gasteiger partial charge in [-0.05, 0) is 5.41 Å². The maximum absolute atomic E-state index is 5.88. The maximum Gasteiger partial charge on any atom is 0.137 e. The molecular formula is C8H10Cl2N2. The molecule has 0 saturated heterocycles.